The van der Waals surface area contributed by atoms with Crippen molar-refractivity contribution in [2.24, 2.45) is 0 Å². The van der Waals surface area contributed by atoms with Gasteiger partial charge in [0.05, 0.1) is 6.20 Å². The highest BCUT2D eigenvalue weighted by Crippen LogP contribution is 2.16. The van der Waals surface area contributed by atoms with Gasteiger partial charge in [0.2, 0.25) is 0 Å². The Kier molecular flexibility index (Phi) is 1.44. The second kappa shape index (κ2) is 2.58. The van der Waals surface area contributed by atoms with Gasteiger partial charge in [-0.25, -0.2) is 0 Å². The van der Waals surface area contributed by atoms with Gasteiger partial charge < -0.3 is 4.52 Å². The molecule has 0 spiro atoms. The molecule has 1 radical (unpaired) electrons. The van der Waals surface area contributed by atoms with Crippen LogP contribution in [-0.4, -0.2) is 5.16 Å². The molecule has 0 saturated heterocycles. The van der Waals surface area contributed by atoms with Crippen molar-refractivity contribution >= 4 is 0 Å². The highest BCUT2D eigenvalue weighted by molar-refractivity contribution is 5.55. The molecule has 2 rings (SSSR count). The zero-order valence-electron chi connectivity index (χ0n) is 5.82. The summed E-state index contributed by atoms with van der Waals surface area (Å²) >= 11 is 0. The quantitative estimate of drug-likeness (QED) is 0.612. The molecule has 0 atom stereocenters. The summed E-state index contributed by atoms with van der Waals surface area (Å²) in [6.07, 6.45) is 1.63. The second-order valence-electron chi connectivity index (χ2n) is 2.17. The van der Waals surface area contributed by atoms with Crippen LogP contribution >= 0.6 is 0 Å². The van der Waals surface area contributed by atoms with E-state index in [-0.39, 0.29) is 0 Å². The summed E-state index contributed by atoms with van der Waals surface area (Å²) in [6.45, 7) is 0. The minimum Gasteiger partial charge on any atom is -0.356 e. The molecule has 1 aromatic heterocycles. The standard InChI is InChI=1S/C9H6NO/c1-2-4-8(5-3-1)9-6-7-10-11-9/h2-7H. The third-order valence-corrected chi connectivity index (χ3v) is 1.44. The summed E-state index contributed by atoms with van der Waals surface area (Å²) in [5.41, 5.74) is 1.03. The summed E-state index contributed by atoms with van der Waals surface area (Å²) < 4.78 is 4.96. The monoisotopic (exact) mass is 144 g/mol. The molecule has 2 aromatic rings. The number of hydrogen-bond donors (Lipinski definition) is 0. The lowest BCUT2D eigenvalue weighted by Gasteiger charge is -1.90. The molecule has 0 fully saturated rings. The highest BCUT2D eigenvalue weighted by atomic mass is 16.5. The van der Waals surface area contributed by atoms with Crippen molar-refractivity contribution in [3.05, 3.63) is 42.6 Å². The molecule has 53 valence electrons. The highest BCUT2D eigenvalue weighted by Gasteiger charge is 1.97. The van der Waals surface area contributed by atoms with Crippen molar-refractivity contribution in [3.63, 3.8) is 0 Å². The van der Waals surface area contributed by atoms with Gasteiger partial charge in [-0.05, 0) is 6.07 Å². The Bertz CT molecular complexity index is 313. The number of hydrogen-bond acceptors (Lipinski definition) is 2. The van der Waals surface area contributed by atoms with E-state index in [1.54, 1.807) is 6.20 Å². The Morgan fingerprint density at radius 2 is 2.00 bits per heavy atom. The Morgan fingerprint density at radius 1 is 1.18 bits per heavy atom. The van der Waals surface area contributed by atoms with Crippen LogP contribution in [0.2, 0.25) is 0 Å². The van der Waals surface area contributed by atoms with Crippen molar-refractivity contribution in [1.82, 2.24) is 5.16 Å². The fourth-order valence-corrected chi connectivity index (χ4v) is 0.916. The van der Waals surface area contributed by atoms with E-state index in [2.05, 4.69) is 11.2 Å². The van der Waals surface area contributed by atoms with Crippen LogP contribution in [0.15, 0.2) is 41.1 Å². The molecule has 0 aliphatic rings. The summed E-state index contributed by atoms with van der Waals surface area (Å²) in [5.74, 6) is 0.791. The van der Waals surface area contributed by atoms with Gasteiger partial charge in [-0.1, -0.05) is 29.4 Å². The lowest BCUT2D eigenvalue weighted by atomic mass is 10.2. The number of rotatable bonds is 1. The fraction of sp³-hybridized carbons (Fsp3) is 0. The molecular formula is C9H6NO. The summed E-state index contributed by atoms with van der Waals surface area (Å²) in [7, 11) is 0. The van der Waals surface area contributed by atoms with Gasteiger partial charge in [-0.2, -0.15) is 0 Å². The van der Waals surface area contributed by atoms with Crippen molar-refractivity contribution in [2.45, 2.75) is 0 Å². The summed E-state index contributed by atoms with van der Waals surface area (Å²) in [6, 6.07) is 12.3. The molecule has 2 heteroatoms. The van der Waals surface area contributed by atoms with E-state index in [1.807, 2.05) is 30.3 Å². The van der Waals surface area contributed by atoms with Crippen molar-refractivity contribution < 1.29 is 4.52 Å². The molecule has 0 N–H and O–H groups in total. The Labute approximate surface area is 64.5 Å². The molecule has 1 heterocycles. The average molecular weight is 144 g/mol. The lowest BCUT2D eigenvalue weighted by Crippen LogP contribution is -1.69. The maximum atomic E-state index is 4.96. The van der Waals surface area contributed by atoms with Gasteiger partial charge >= 0.3 is 0 Å². The smallest absolute Gasteiger partial charge is 0.166 e. The van der Waals surface area contributed by atoms with Crippen LogP contribution in [0.25, 0.3) is 11.3 Å². The van der Waals surface area contributed by atoms with E-state index >= 15 is 0 Å². The zero-order valence-corrected chi connectivity index (χ0v) is 5.82. The maximum absolute atomic E-state index is 4.96. The molecule has 0 saturated carbocycles. The maximum Gasteiger partial charge on any atom is 0.166 e. The molecule has 0 unspecified atom stereocenters. The van der Waals surface area contributed by atoms with Crippen LogP contribution in [0.1, 0.15) is 0 Å². The predicted molar refractivity (Wildman–Crippen MR) is 40.8 cm³/mol. The second-order valence-corrected chi connectivity index (χ2v) is 2.17. The van der Waals surface area contributed by atoms with Crippen LogP contribution in [0, 0.1) is 6.07 Å². The minimum atomic E-state index is 0.791. The van der Waals surface area contributed by atoms with Crippen molar-refractivity contribution in [3.8, 4) is 11.3 Å². The molecule has 1 aromatic carbocycles. The molecule has 0 bridgehead atoms. The predicted octanol–water partition coefficient (Wildman–Crippen LogP) is 2.14. The number of aromatic nitrogens is 1. The fourth-order valence-electron chi connectivity index (χ4n) is 0.916. The van der Waals surface area contributed by atoms with E-state index in [4.69, 9.17) is 4.52 Å². The van der Waals surface area contributed by atoms with E-state index in [0.717, 1.165) is 11.3 Å². The van der Waals surface area contributed by atoms with Crippen LogP contribution < -0.4 is 0 Å². The van der Waals surface area contributed by atoms with Crippen LogP contribution in [0.5, 0.6) is 0 Å². The Balaban J connectivity index is 2.46. The van der Waals surface area contributed by atoms with E-state index < -0.39 is 0 Å². The first-order valence-electron chi connectivity index (χ1n) is 3.34. The van der Waals surface area contributed by atoms with Crippen molar-refractivity contribution in [1.29, 1.82) is 0 Å². The Hall–Kier alpha value is -1.57. The minimum absolute atomic E-state index is 0.791. The van der Waals surface area contributed by atoms with Gasteiger partial charge in [0, 0.05) is 11.6 Å². The third kappa shape index (κ3) is 1.15. The molecule has 11 heavy (non-hydrogen) atoms. The first-order valence-corrected chi connectivity index (χ1v) is 3.34. The van der Waals surface area contributed by atoms with Gasteiger partial charge in [-0.3, -0.25) is 0 Å². The van der Waals surface area contributed by atoms with E-state index in [1.165, 1.54) is 0 Å². The van der Waals surface area contributed by atoms with Gasteiger partial charge in [0.15, 0.2) is 5.76 Å². The van der Waals surface area contributed by atoms with Gasteiger partial charge in [-0.15, -0.1) is 0 Å². The molecule has 0 aliphatic carbocycles. The number of nitrogens with zero attached hydrogens (tertiary/aromatic N) is 1. The van der Waals surface area contributed by atoms with Crippen LogP contribution in [-0.2, 0) is 0 Å². The lowest BCUT2D eigenvalue weighted by molar-refractivity contribution is 0.432. The number of benzene rings is 1. The normalized spacial score (nSPS) is 9.82. The third-order valence-electron chi connectivity index (χ3n) is 1.44. The van der Waals surface area contributed by atoms with Crippen LogP contribution in [0.3, 0.4) is 0 Å². The van der Waals surface area contributed by atoms with E-state index in [0.29, 0.717) is 0 Å². The van der Waals surface area contributed by atoms with Crippen LogP contribution in [0.4, 0.5) is 0 Å². The molecular weight excluding hydrogens is 138 g/mol. The molecule has 0 amide bonds. The molecule has 2 nitrogen and oxygen atoms in total. The average Bonchev–Trinajstić information content (AvgIpc) is 2.58. The topological polar surface area (TPSA) is 26.0 Å². The SMILES string of the molecule is [c]1ccc(-c2ccno2)cc1. The summed E-state index contributed by atoms with van der Waals surface area (Å²) in [4.78, 5) is 0. The Morgan fingerprint density at radius 3 is 2.64 bits per heavy atom. The first kappa shape index (κ1) is 6.16. The van der Waals surface area contributed by atoms with E-state index in [9.17, 15) is 0 Å². The largest absolute Gasteiger partial charge is 0.356 e. The van der Waals surface area contributed by atoms with Gasteiger partial charge in [0.25, 0.3) is 0 Å². The van der Waals surface area contributed by atoms with Crippen molar-refractivity contribution in [2.75, 3.05) is 0 Å². The molecule has 0 aliphatic heterocycles. The van der Waals surface area contributed by atoms with Gasteiger partial charge in [0.1, 0.15) is 0 Å². The first-order chi connectivity index (χ1) is 5.47. The summed E-state index contributed by atoms with van der Waals surface area (Å²) in [5, 5.41) is 3.61. The zero-order chi connectivity index (χ0) is 7.52.